The lowest BCUT2D eigenvalue weighted by Crippen LogP contribution is -2.41. The fraction of sp³-hybridized carbons (Fsp3) is 0.611. The Balaban J connectivity index is 1.71. The Morgan fingerprint density at radius 1 is 1.13 bits per heavy atom. The van der Waals surface area contributed by atoms with Gasteiger partial charge >= 0.3 is 7.12 Å². The second-order valence-corrected chi connectivity index (χ2v) is 7.95. The lowest BCUT2D eigenvalue weighted by atomic mass is 9.79. The molecule has 5 heteroatoms. The molecule has 122 valence electrons. The molecule has 1 aromatic heterocycles. The number of rotatable bonds is 2. The minimum atomic E-state index is -0.321. The van der Waals surface area contributed by atoms with E-state index in [0.29, 0.717) is 6.04 Å². The molecule has 1 aliphatic heterocycles. The molecular formula is C18H25BN2O2. The SMILES string of the molecule is Cc1nc2cc(B3OC(C)(C)C(C)(C)O3)ccc2n1C1CCC1. The molecule has 0 amide bonds. The number of aryl methyl sites for hydroxylation is 1. The van der Waals surface area contributed by atoms with Gasteiger partial charge in [0.1, 0.15) is 5.82 Å². The van der Waals surface area contributed by atoms with Crippen molar-refractivity contribution in [2.75, 3.05) is 0 Å². The van der Waals surface area contributed by atoms with E-state index in [4.69, 9.17) is 14.3 Å². The Bertz CT molecular complexity index is 746. The largest absolute Gasteiger partial charge is 0.494 e. The second-order valence-electron chi connectivity index (χ2n) is 7.95. The van der Waals surface area contributed by atoms with Gasteiger partial charge in [0.15, 0.2) is 0 Å². The van der Waals surface area contributed by atoms with Crippen LogP contribution in [0.2, 0.25) is 0 Å². The first kappa shape index (κ1) is 15.2. The summed E-state index contributed by atoms with van der Waals surface area (Å²) in [6, 6.07) is 7.05. The molecule has 0 bridgehead atoms. The lowest BCUT2D eigenvalue weighted by Gasteiger charge is -2.32. The van der Waals surface area contributed by atoms with Crippen LogP contribution in [0.5, 0.6) is 0 Å². The Morgan fingerprint density at radius 3 is 2.35 bits per heavy atom. The van der Waals surface area contributed by atoms with Gasteiger partial charge < -0.3 is 13.9 Å². The molecule has 2 aliphatic rings. The van der Waals surface area contributed by atoms with Crippen LogP contribution in [0.15, 0.2) is 18.2 Å². The molecule has 1 aliphatic carbocycles. The normalized spacial score (nSPS) is 23.4. The van der Waals surface area contributed by atoms with Crippen molar-refractivity contribution in [1.82, 2.24) is 9.55 Å². The molecule has 0 unspecified atom stereocenters. The van der Waals surface area contributed by atoms with Crippen LogP contribution in [0.4, 0.5) is 0 Å². The zero-order valence-electron chi connectivity index (χ0n) is 14.7. The lowest BCUT2D eigenvalue weighted by molar-refractivity contribution is 0.00578. The fourth-order valence-corrected chi connectivity index (χ4v) is 3.47. The summed E-state index contributed by atoms with van der Waals surface area (Å²) in [5, 5.41) is 0. The summed E-state index contributed by atoms with van der Waals surface area (Å²) in [7, 11) is -0.321. The highest BCUT2D eigenvalue weighted by Gasteiger charge is 2.51. The van der Waals surface area contributed by atoms with Gasteiger partial charge in [-0.1, -0.05) is 6.07 Å². The monoisotopic (exact) mass is 312 g/mol. The highest BCUT2D eigenvalue weighted by atomic mass is 16.7. The van der Waals surface area contributed by atoms with E-state index in [0.717, 1.165) is 16.8 Å². The van der Waals surface area contributed by atoms with E-state index in [2.05, 4.69) is 57.4 Å². The van der Waals surface area contributed by atoms with Gasteiger partial charge in [-0.15, -0.1) is 0 Å². The van der Waals surface area contributed by atoms with Crippen LogP contribution in [-0.2, 0) is 9.31 Å². The van der Waals surface area contributed by atoms with Crippen LogP contribution in [-0.4, -0.2) is 27.9 Å². The molecule has 1 aromatic carbocycles. The molecule has 1 saturated heterocycles. The van der Waals surface area contributed by atoms with E-state index < -0.39 is 0 Å². The zero-order valence-corrected chi connectivity index (χ0v) is 14.7. The van der Waals surface area contributed by atoms with Gasteiger partial charge in [0.05, 0.1) is 22.2 Å². The summed E-state index contributed by atoms with van der Waals surface area (Å²) >= 11 is 0. The molecule has 2 aromatic rings. The predicted molar refractivity (Wildman–Crippen MR) is 93.1 cm³/mol. The van der Waals surface area contributed by atoms with Gasteiger partial charge in [0.2, 0.25) is 0 Å². The molecule has 0 N–H and O–H groups in total. The predicted octanol–water partition coefficient (Wildman–Crippen LogP) is 3.37. The first-order valence-electron chi connectivity index (χ1n) is 8.63. The van der Waals surface area contributed by atoms with Gasteiger partial charge in [-0.05, 0) is 71.5 Å². The summed E-state index contributed by atoms with van der Waals surface area (Å²) in [6.07, 6.45) is 3.87. The quantitative estimate of drug-likeness (QED) is 0.798. The van der Waals surface area contributed by atoms with Crippen molar-refractivity contribution in [3.05, 3.63) is 24.0 Å². The van der Waals surface area contributed by atoms with E-state index in [1.54, 1.807) is 0 Å². The highest BCUT2D eigenvalue weighted by Crippen LogP contribution is 2.37. The summed E-state index contributed by atoms with van der Waals surface area (Å²) in [5.74, 6) is 1.11. The summed E-state index contributed by atoms with van der Waals surface area (Å²) < 4.78 is 14.7. The maximum atomic E-state index is 6.16. The van der Waals surface area contributed by atoms with Crippen LogP contribution in [0.3, 0.4) is 0 Å². The molecular weight excluding hydrogens is 287 g/mol. The van der Waals surface area contributed by atoms with Crippen molar-refractivity contribution in [2.45, 2.75) is 71.1 Å². The number of hydrogen-bond donors (Lipinski definition) is 0. The summed E-state index contributed by atoms with van der Waals surface area (Å²) in [4.78, 5) is 4.77. The minimum Gasteiger partial charge on any atom is -0.399 e. The Kier molecular flexibility index (Phi) is 3.20. The first-order chi connectivity index (χ1) is 10.8. The van der Waals surface area contributed by atoms with E-state index in [9.17, 15) is 0 Å². The van der Waals surface area contributed by atoms with Crippen LogP contribution in [0.1, 0.15) is 58.8 Å². The highest BCUT2D eigenvalue weighted by molar-refractivity contribution is 6.62. The maximum Gasteiger partial charge on any atom is 0.494 e. The van der Waals surface area contributed by atoms with Gasteiger partial charge in [-0.3, -0.25) is 0 Å². The van der Waals surface area contributed by atoms with Crippen molar-refractivity contribution in [3.8, 4) is 0 Å². The number of benzene rings is 1. The number of nitrogens with zero attached hydrogens (tertiary/aromatic N) is 2. The van der Waals surface area contributed by atoms with Crippen LogP contribution >= 0.6 is 0 Å². The molecule has 0 radical (unpaired) electrons. The number of imidazole rings is 1. The Labute approximate surface area is 138 Å². The molecule has 0 atom stereocenters. The summed E-state index contributed by atoms with van der Waals surface area (Å²) in [6.45, 7) is 10.4. The topological polar surface area (TPSA) is 36.3 Å². The van der Waals surface area contributed by atoms with Crippen molar-refractivity contribution in [1.29, 1.82) is 0 Å². The van der Waals surface area contributed by atoms with E-state index in [-0.39, 0.29) is 18.3 Å². The molecule has 4 nitrogen and oxygen atoms in total. The van der Waals surface area contributed by atoms with Gasteiger partial charge in [-0.2, -0.15) is 0 Å². The van der Waals surface area contributed by atoms with Crippen LogP contribution in [0, 0.1) is 6.92 Å². The van der Waals surface area contributed by atoms with E-state index in [1.807, 2.05) is 0 Å². The average Bonchev–Trinajstić information content (AvgIpc) is 2.82. The van der Waals surface area contributed by atoms with Crippen LogP contribution in [0.25, 0.3) is 11.0 Å². The zero-order chi connectivity index (χ0) is 16.4. The number of fused-ring (bicyclic) bond motifs is 1. The number of hydrogen-bond acceptors (Lipinski definition) is 3. The molecule has 1 saturated carbocycles. The smallest absolute Gasteiger partial charge is 0.399 e. The maximum absolute atomic E-state index is 6.16. The van der Waals surface area contributed by atoms with Gasteiger partial charge in [0.25, 0.3) is 0 Å². The van der Waals surface area contributed by atoms with Crippen LogP contribution < -0.4 is 5.46 Å². The minimum absolute atomic E-state index is 0.312. The summed E-state index contributed by atoms with van der Waals surface area (Å²) in [5.41, 5.74) is 2.70. The third kappa shape index (κ3) is 2.24. The van der Waals surface area contributed by atoms with Gasteiger partial charge in [0, 0.05) is 6.04 Å². The van der Waals surface area contributed by atoms with E-state index in [1.165, 1.54) is 24.8 Å². The standard InChI is InChI=1S/C18H25BN2O2/c1-12-20-15-11-13(19-22-17(2,3)18(4,5)23-19)9-10-16(15)21(12)14-7-6-8-14/h9-11,14H,6-8H2,1-5H3. The number of aromatic nitrogens is 2. The first-order valence-corrected chi connectivity index (χ1v) is 8.63. The molecule has 23 heavy (non-hydrogen) atoms. The fourth-order valence-electron chi connectivity index (χ4n) is 3.47. The second kappa shape index (κ2) is 4.84. The van der Waals surface area contributed by atoms with Crippen molar-refractivity contribution < 1.29 is 9.31 Å². The third-order valence-electron chi connectivity index (χ3n) is 5.86. The Hall–Kier alpha value is -1.33. The molecule has 2 heterocycles. The van der Waals surface area contributed by atoms with Crippen molar-refractivity contribution in [2.24, 2.45) is 0 Å². The Morgan fingerprint density at radius 2 is 1.78 bits per heavy atom. The van der Waals surface area contributed by atoms with Gasteiger partial charge in [-0.25, -0.2) is 4.98 Å². The van der Waals surface area contributed by atoms with Crippen molar-refractivity contribution >= 4 is 23.6 Å². The molecule has 2 fully saturated rings. The van der Waals surface area contributed by atoms with E-state index >= 15 is 0 Å². The molecule has 4 rings (SSSR count). The third-order valence-corrected chi connectivity index (χ3v) is 5.86. The average molecular weight is 312 g/mol. The van der Waals surface area contributed by atoms with Crippen molar-refractivity contribution in [3.63, 3.8) is 0 Å². The molecule has 0 spiro atoms.